The first kappa shape index (κ1) is 21.1. The predicted octanol–water partition coefficient (Wildman–Crippen LogP) is 3.10. The molecule has 0 radical (unpaired) electrons. The fraction of sp³-hybridized carbons (Fsp3) is 0.261. The molecule has 30 heavy (non-hydrogen) atoms. The van der Waals surface area contributed by atoms with Crippen molar-refractivity contribution in [1.29, 1.82) is 0 Å². The molecule has 1 aromatic heterocycles. The number of nitrogens with one attached hydrogen (secondary N) is 2. The molecule has 3 aromatic rings. The third-order valence-corrected chi connectivity index (χ3v) is 4.51. The van der Waals surface area contributed by atoms with Crippen LogP contribution in [0.5, 0.6) is 5.75 Å². The summed E-state index contributed by atoms with van der Waals surface area (Å²) in [5.74, 6) is 0.161. The van der Waals surface area contributed by atoms with Gasteiger partial charge in [-0.2, -0.15) is 5.10 Å². The first-order valence-corrected chi connectivity index (χ1v) is 10.0. The van der Waals surface area contributed by atoms with Crippen LogP contribution in [-0.4, -0.2) is 34.7 Å². The third-order valence-electron chi connectivity index (χ3n) is 4.51. The molecule has 2 N–H and O–H groups in total. The van der Waals surface area contributed by atoms with Crippen molar-refractivity contribution >= 4 is 11.8 Å². The number of amides is 2. The van der Waals surface area contributed by atoms with Crippen LogP contribution < -0.4 is 15.4 Å². The van der Waals surface area contributed by atoms with E-state index in [1.54, 1.807) is 35.1 Å². The van der Waals surface area contributed by atoms with Gasteiger partial charge in [0.25, 0.3) is 5.91 Å². The van der Waals surface area contributed by atoms with E-state index in [1.807, 2.05) is 36.5 Å². The lowest BCUT2D eigenvalue weighted by atomic mass is 10.1. The summed E-state index contributed by atoms with van der Waals surface area (Å²) in [5.41, 5.74) is 2.31. The Morgan fingerprint density at radius 3 is 2.57 bits per heavy atom. The predicted molar refractivity (Wildman–Crippen MR) is 115 cm³/mol. The smallest absolute Gasteiger partial charge is 0.251 e. The van der Waals surface area contributed by atoms with E-state index in [1.165, 1.54) is 0 Å². The van der Waals surface area contributed by atoms with Crippen molar-refractivity contribution in [3.63, 3.8) is 0 Å². The van der Waals surface area contributed by atoms with Crippen LogP contribution in [0, 0.1) is 0 Å². The molecule has 0 atom stereocenters. The lowest BCUT2D eigenvalue weighted by Gasteiger charge is -2.11. The van der Waals surface area contributed by atoms with Crippen molar-refractivity contribution in [1.82, 2.24) is 20.4 Å². The van der Waals surface area contributed by atoms with Gasteiger partial charge >= 0.3 is 0 Å². The number of carbonyl (C=O) groups is 2. The maximum Gasteiger partial charge on any atom is 0.251 e. The van der Waals surface area contributed by atoms with Gasteiger partial charge in [-0.3, -0.25) is 9.59 Å². The largest absolute Gasteiger partial charge is 0.494 e. The molecule has 7 nitrogen and oxygen atoms in total. The van der Waals surface area contributed by atoms with Gasteiger partial charge in [0.1, 0.15) is 5.75 Å². The van der Waals surface area contributed by atoms with E-state index in [2.05, 4.69) is 22.7 Å². The summed E-state index contributed by atoms with van der Waals surface area (Å²) >= 11 is 0. The fourth-order valence-electron chi connectivity index (χ4n) is 2.85. The highest BCUT2D eigenvalue weighted by Gasteiger charge is 2.10. The Morgan fingerprint density at radius 1 is 1.03 bits per heavy atom. The minimum Gasteiger partial charge on any atom is -0.494 e. The van der Waals surface area contributed by atoms with Gasteiger partial charge in [0.05, 0.1) is 18.8 Å². The maximum absolute atomic E-state index is 12.3. The van der Waals surface area contributed by atoms with Gasteiger partial charge in [0.15, 0.2) is 0 Å². The molecule has 0 aliphatic heterocycles. The van der Waals surface area contributed by atoms with E-state index in [-0.39, 0.29) is 18.4 Å². The second-order valence-electron chi connectivity index (χ2n) is 6.77. The van der Waals surface area contributed by atoms with Gasteiger partial charge in [0, 0.05) is 24.5 Å². The standard InChI is InChI=1S/C23H26N4O3/c1-2-3-15-30-20-11-9-18(10-12-20)23(29)25-17-22(28)24-16-19-7-4-5-8-21(19)27-14-6-13-26-27/h4-14H,2-3,15-17H2,1H3,(H,24,28)(H,25,29). The first-order valence-electron chi connectivity index (χ1n) is 10.0. The topological polar surface area (TPSA) is 85.2 Å². The molecule has 0 unspecified atom stereocenters. The number of benzene rings is 2. The lowest BCUT2D eigenvalue weighted by molar-refractivity contribution is -0.120. The SMILES string of the molecule is CCCCOc1ccc(C(=O)NCC(=O)NCc2ccccc2-n2cccn2)cc1. The summed E-state index contributed by atoms with van der Waals surface area (Å²) in [7, 11) is 0. The van der Waals surface area contributed by atoms with E-state index >= 15 is 0 Å². The summed E-state index contributed by atoms with van der Waals surface area (Å²) in [6.45, 7) is 3.00. The number of para-hydroxylation sites is 1. The second-order valence-corrected chi connectivity index (χ2v) is 6.77. The fourth-order valence-corrected chi connectivity index (χ4v) is 2.85. The van der Waals surface area contributed by atoms with E-state index in [0.717, 1.165) is 29.8 Å². The molecule has 2 aromatic carbocycles. The van der Waals surface area contributed by atoms with Crippen LogP contribution >= 0.6 is 0 Å². The molecule has 0 bridgehead atoms. The van der Waals surface area contributed by atoms with Crippen LogP contribution in [0.1, 0.15) is 35.7 Å². The van der Waals surface area contributed by atoms with Crippen LogP contribution in [0.3, 0.4) is 0 Å². The minimum atomic E-state index is -0.304. The number of hydrogen-bond donors (Lipinski definition) is 2. The summed E-state index contributed by atoms with van der Waals surface area (Å²) in [4.78, 5) is 24.4. The Kier molecular flexibility index (Phi) is 7.60. The Hall–Kier alpha value is -3.61. The lowest BCUT2D eigenvalue weighted by Crippen LogP contribution is -2.36. The Morgan fingerprint density at radius 2 is 1.83 bits per heavy atom. The van der Waals surface area contributed by atoms with Crippen molar-refractivity contribution in [2.75, 3.05) is 13.2 Å². The molecule has 156 valence electrons. The second kappa shape index (κ2) is 10.8. The van der Waals surface area contributed by atoms with Crippen LogP contribution in [0.15, 0.2) is 67.0 Å². The van der Waals surface area contributed by atoms with Crippen molar-refractivity contribution in [3.8, 4) is 11.4 Å². The molecular formula is C23H26N4O3. The number of ether oxygens (including phenoxy) is 1. The highest BCUT2D eigenvalue weighted by atomic mass is 16.5. The number of hydrogen-bond acceptors (Lipinski definition) is 4. The number of nitrogens with zero attached hydrogens (tertiary/aromatic N) is 2. The van der Waals surface area contributed by atoms with Crippen molar-refractivity contribution in [3.05, 3.63) is 78.1 Å². The molecule has 3 rings (SSSR count). The van der Waals surface area contributed by atoms with Gasteiger partial charge in [0.2, 0.25) is 5.91 Å². The molecule has 1 heterocycles. The summed E-state index contributed by atoms with van der Waals surface area (Å²) in [5, 5.41) is 9.70. The first-order chi connectivity index (χ1) is 14.7. The molecule has 0 aliphatic carbocycles. The van der Waals surface area contributed by atoms with Crippen molar-refractivity contribution in [2.24, 2.45) is 0 Å². The summed E-state index contributed by atoms with van der Waals surface area (Å²) in [6, 6.07) is 16.4. The van der Waals surface area contributed by atoms with Crippen molar-refractivity contribution < 1.29 is 14.3 Å². The van der Waals surface area contributed by atoms with E-state index < -0.39 is 0 Å². The number of rotatable bonds is 10. The average Bonchev–Trinajstić information content (AvgIpc) is 3.32. The average molecular weight is 406 g/mol. The van der Waals surface area contributed by atoms with Crippen LogP contribution in [0.2, 0.25) is 0 Å². The third kappa shape index (κ3) is 5.94. The van der Waals surface area contributed by atoms with Crippen molar-refractivity contribution in [2.45, 2.75) is 26.3 Å². The minimum absolute atomic E-state index is 0.0997. The zero-order valence-corrected chi connectivity index (χ0v) is 17.0. The Balaban J connectivity index is 1.47. The summed E-state index contributed by atoms with van der Waals surface area (Å²) < 4.78 is 7.34. The van der Waals surface area contributed by atoms with Gasteiger partial charge in [-0.05, 0) is 48.4 Å². The zero-order chi connectivity index (χ0) is 21.2. The van der Waals surface area contributed by atoms with Gasteiger partial charge < -0.3 is 15.4 Å². The normalized spacial score (nSPS) is 10.4. The molecule has 0 fully saturated rings. The molecule has 0 saturated carbocycles. The molecule has 0 spiro atoms. The number of aromatic nitrogens is 2. The molecular weight excluding hydrogens is 380 g/mol. The highest BCUT2D eigenvalue weighted by Crippen LogP contribution is 2.14. The van der Waals surface area contributed by atoms with E-state index in [9.17, 15) is 9.59 Å². The van der Waals surface area contributed by atoms with Gasteiger partial charge in [-0.15, -0.1) is 0 Å². The molecule has 7 heteroatoms. The summed E-state index contributed by atoms with van der Waals surface area (Å²) in [6.07, 6.45) is 5.61. The Labute approximate surface area is 176 Å². The monoisotopic (exact) mass is 406 g/mol. The van der Waals surface area contributed by atoms with Crippen LogP contribution in [0.4, 0.5) is 0 Å². The van der Waals surface area contributed by atoms with Crippen LogP contribution in [0.25, 0.3) is 5.69 Å². The maximum atomic E-state index is 12.3. The van der Waals surface area contributed by atoms with Gasteiger partial charge in [-0.25, -0.2) is 4.68 Å². The quantitative estimate of drug-likeness (QED) is 0.507. The zero-order valence-electron chi connectivity index (χ0n) is 17.0. The van der Waals surface area contributed by atoms with Gasteiger partial charge in [-0.1, -0.05) is 31.5 Å². The van der Waals surface area contributed by atoms with E-state index in [4.69, 9.17) is 4.74 Å². The number of unbranched alkanes of at least 4 members (excludes halogenated alkanes) is 1. The molecule has 2 amide bonds. The highest BCUT2D eigenvalue weighted by molar-refractivity contribution is 5.96. The van der Waals surface area contributed by atoms with E-state index in [0.29, 0.717) is 18.7 Å². The molecule has 0 aliphatic rings. The number of carbonyl (C=O) groups excluding carboxylic acids is 2. The molecule has 0 saturated heterocycles. The Bertz CT molecular complexity index is 953. The van der Waals surface area contributed by atoms with Crippen LogP contribution in [-0.2, 0) is 11.3 Å².